The minimum Gasteiger partial charge on any atom is -0.345 e. The van der Waals surface area contributed by atoms with Crippen LogP contribution in [0.2, 0.25) is 0 Å². The van der Waals surface area contributed by atoms with E-state index < -0.39 is 41.9 Å². The predicted molar refractivity (Wildman–Crippen MR) is 119 cm³/mol. The molecule has 3 amide bonds. The molecule has 6 nitrogen and oxygen atoms in total. The van der Waals surface area contributed by atoms with Crippen LogP contribution in [-0.4, -0.2) is 30.3 Å². The van der Waals surface area contributed by atoms with E-state index in [2.05, 4.69) is 36.7 Å². The summed E-state index contributed by atoms with van der Waals surface area (Å²) < 4.78 is 26.2. The molecule has 172 valence electrons. The summed E-state index contributed by atoms with van der Waals surface area (Å²) in [6.45, 7) is 9.37. The highest BCUT2D eigenvalue weighted by Gasteiger charge is 2.25. The van der Waals surface area contributed by atoms with Crippen LogP contribution in [0.15, 0.2) is 42.5 Å². The molecule has 0 saturated carbocycles. The Morgan fingerprint density at radius 1 is 0.938 bits per heavy atom. The lowest BCUT2D eigenvalue weighted by atomic mass is 9.86. The summed E-state index contributed by atoms with van der Waals surface area (Å²) in [6, 6.07) is 9.25. The smallest absolute Gasteiger partial charge is 0.251 e. The van der Waals surface area contributed by atoms with Gasteiger partial charge in [-0.25, -0.2) is 8.78 Å². The third-order valence-electron chi connectivity index (χ3n) is 4.88. The van der Waals surface area contributed by atoms with Crippen LogP contribution >= 0.6 is 0 Å². The van der Waals surface area contributed by atoms with Crippen molar-refractivity contribution >= 4 is 23.4 Å². The molecule has 3 N–H and O–H groups in total. The maximum Gasteiger partial charge on any atom is 0.251 e. The second-order valence-electron chi connectivity index (χ2n) is 8.92. The molecule has 0 aromatic heterocycles. The normalized spacial score (nSPS) is 12.2. The molecule has 0 fully saturated rings. The summed E-state index contributed by atoms with van der Waals surface area (Å²) in [5, 5.41) is 7.54. The summed E-state index contributed by atoms with van der Waals surface area (Å²) >= 11 is 0. The number of hydrogen-bond donors (Lipinski definition) is 3. The molecule has 1 atom stereocenters. The van der Waals surface area contributed by atoms with Gasteiger partial charge in [0.2, 0.25) is 11.8 Å². The lowest BCUT2D eigenvalue weighted by Gasteiger charge is -2.22. The van der Waals surface area contributed by atoms with Gasteiger partial charge in [-0.05, 0) is 41.2 Å². The molecule has 0 radical (unpaired) electrons. The first-order chi connectivity index (χ1) is 14.9. The van der Waals surface area contributed by atoms with Crippen LogP contribution in [0.3, 0.4) is 0 Å². The minimum absolute atomic E-state index is 0.0460. The van der Waals surface area contributed by atoms with E-state index in [0.717, 1.165) is 17.7 Å². The summed E-state index contributed by atoms with van der Waals surface area (Å²) in [4.78, 5) is 37.2. The van der Waals surface area contributed by atoms with E-state index in [-0.39, 0.29) is 17.0 Å². The Hall–Kier alpha value is -3.29. The van der Waals surface area contributed by atoms with Crippen LogP contribution in [0, 0.1) is 17.6 Å². The molecule has 2 aromatic rings. The van der Waals surface area contributed by atoms with Crippen LogP contribution in [-0.2, 0) is 15.0 Å². The van der Waals surface area contributed by atoms with Gasteiger partial charge >= 0.3 is 0 Å². The van der Waals surface area contributed by atoms with Crippen LogP contribution < -0.4 is 16.0 Å². The Morgan fingerprint density at radius 3 is 2.09 bits per heavy atom. The standard InChI is InChI=1S/C24H29F2N3O3/c1-14(2)21(29-22(31)15-6-8-16(9-7-15)24(3,4)5)23(32)27-13-20(30)28-17-10-11-18(25)19(26)12-17/h6-12,14,21H,13H2,1-5H3,(H,27,32)(H,28,30)(H,29,31). The molecule has 0 aliphatic rings. The summed E-state index contributed by atoms with van der Waals surface area (Å²) in [7, 11) is 0. The fraction of sp³-hybridized carbons (Fsp3) is 0.375. The van der Waals surface area contributed by atoms with Crippen molar-refractivity contribution in [3.8, 4) is 0 Å². The molecular weight excluding hydrogens is 416 g/mol. The van der Waals surface area contributed by atoms with Gasteiger partial charge in [-0.2, -0.15) is 0 Å². The number of carbonyl (C=O) groups is 3. The highest BCUT2D eigenvalue weighted by atomic mass is 19.2. The summed E-state index contributed by atoms with van der Waals surface area (Å²) in [5.74, 6) is -3.89. The van der Waals surface area contributed by atoms with Gasteiger partial charge in [0.1, 0.15) is 6.04 Å². The first-order valence-electron chi connectivity index (χ1n) is 10.3. The van der Waals surface area contributed by atoms with Crippen LogP contribution in [0.4, 0.5) is 14.5 Å². The fourth-order valence-electron chi connectivity index (χ4n) is 2.94. The zero-order valence-electron chi connectivity index (χ0n) is 18.9. The van der Waals surface area contributed by atoms with Crippen LogP contribution in [0.5, 0.6) is 0 Å². The molecule has 0 saturated heterocycles. The number of halogens is 2. The fourth-order valence-corrected chi connectivity index (χ4v) is 2.94. The molecule has 0 aliphatic heterocycles. The van der Waals surface area contributed by atoms with Gasteiger partial charge in [0, 0.05) is 17.3 Å². The van der Waals surface area contributed by atoms with E-state index in [1.54, 1.807) is 26.0 Å². The van der Waals surface area contributed by atoms with Crippen LogP contribution in [0.1, 0.15) is 50.5 Å². The van der Waals surface area contributed by atoms with Gasteiger partial charge in [-0.15, -0.1) is 0 Å². The molecule has 0 bridgehead atoms. The van der Waals surface area contributed by atoms with E-state index >= 15 is 0 Å². The molecule has 0 spiro atoms. The van der Waals surface area contributed by atoms with E-state index in [1.807, 2.05) is 12.1 Å². The van der Waals surface area contributed by atoms with Crippen molar-refractivity contribution in [2.24, 2.45) is 5.92 Å². The van der Waals surface area contributed by atoms with Gasteiger partial charge in [0.15, 0.2) is 11.6 Å². The molecular formula is C24H29F2N3O3. The van der Waals surface area contributed by atoms with Crippen molar-refractivity contribution in [1.29, 1.82) is 0 Å². The minimum atomic E-state index is -1.09. The average molecular weight is 446 g/mol. The van der Waals surface area contributed by atoms with Crippen molar-refractivity contribution in [1.82, 2.24) is 10.6 Å². The van der Waals surface area contributed by atoms with E-state index in [0.29, 0.717) is 5.56 Å². The Labute approximate surface area is 186 Å². The third-order valence-corrected chi connectivity index (χ3v) is 4.88. The Kier molecular flexibility index (Phi) is 8.08. The number of hydrogen-bond acceptors (Lipinski definition) is 3. The highest BCUT2D eigenvalue weighted by molar-refractivity contribution is 5.99. The number of anilines is 1. The molecule has 1 unspecified atom stereocenters. The Bertz CT molecular complexity index is 983. The van der Waals surface area contributed by atoms with Crippen LogP contribution in [0.25, 0.3) is 0 Å². The average Bonchev–Trinajstić information content (AvgIpc) is 2.72. The van der Waals surface area contributed by atoms with Crippen molar-refractivity contribution in [2.45, 2.75) is 46.1 Å². The van der Waals surface area contributed by atoms with Crippen molar-refractivity contribution in [2.75, 3.05) is 11.9 Å². The lowest BCUT2D eigenvalue weighted by molar-refractivity contribution is -0.126. The quantitative estimate of drug-likeness (QED) is 0.606. The van der Waals surface area contributed by atoms with Gasteiger partial charge in [0.25, 0.3) is 5.91 Å². The molecule has 0 heterocycles. The topological polar surface area (TPSA) is 87.3 Å². The molecule has 32 heavy (non-hydrogen) atoms. The molecule has 0 aliphatic carbocycles. The monoisotopic (exact) mass is 445 g/mol. The van der Waals surface area contributed by atoms with Gasteiger partial charge in [-0.1, -0.05) is 46.8 Å². The lowest BCUT2D eigenvalue weighted by Crippen LogP contribution is -2.51. The maximum absolute atomic E-state index is 13.2. The molecule has 2 rings (SSSR count). The first kappa shape index (κ1) is 25.0. The van der Waals surface area contributed by atoms with E-state index in [9.17, 15) is 23.2 Å². The second-order valence-corrected chi connectivity index (χ2v) is 8.92. The number of rotatable bonds is 7. The Balaban J connectivity index is 1.96. The van der Waals surface area contributed by atoms with Gasteiger partial charge < -0.3 is 16.0 Å². The predicted octanol–water partition coefficient (Wildman–Crippen LogP) is 3.77. The zero-order chi connectivity index (χ0) is 24.1. The maximum atomic E-state index is 13.2. The van der Waals surface area contributed by atoms with Crippen molar-refractivity contribution < 1.29 is 23.2 Å². The summed E-state index contributed by atoms with van der Waals surface area (Å²) in [5.41, 5.74) is 1.53. The number of amides is 3. The van der Waals surface area contributed by atoms with Crippen molar-refractivity contribution in [3.05, 3.63) is 65.2 Å². The zero-order valence-corrected chi connectivity index (χ0v) is 18.9. The van der Waals surface area contributed by atoms with Gasteiger partial charge in [-0.3, -0.25) is 14.4 Å². The van der Waals surface area contributed by atoms with Crippen molar-refractivity contribution in [3.63, 3.8) is 0 Å². The number of carbonyl (C=O) groups excluding carboxylic acids is 3. The van der Waals surface area contributed by atoms with E-state index in [4.69, 9.17) is 0 Å². The highest BCUT2D eigenvalue weighted by Crippen LogP contribution is 2.22. The second kappa shape index (κ2) is 10.3. The van der Waals surface area contributed by atoms with E-state index in [1.165, 1.54) is 6.07 Å². The first-order valence-corrected chi connectivity index (χ1v) is 10.3. The number of nitrogens with one attached hydrogen (secondary N) is 3. The summed E-state index contributed by atoms with van der Waals surface area (Å²) in [6.07, 6.45) is 0. The SMILES string of the molecule is CC(C)C(NC(=O)c1ccc(C(C)(C)C)cc1)C(=O)NCC(=O)Nc1ccc(F)c(F)c1. The number of benzene rings is 2. The third kappa shape index (κ3) is 6.87. The van der Waals surface area contributed by atoms with Gasteiger partial charge in [0.05, 0.1) is 6.54 Å². The molecule has 2 aromatic carbocycles. The molecule has 8 heteroatoms. The largest absolute Gasteiger partial charge is 0.345 e. The Morgan fingerprint density at radius 2 is 1.56 bits per heavy atom.